The van der Waals surface area contributed by atoms with Crippen LogP contribution in [0.5, 0.6) is 0 Å². The highest BCUT2D eigenvalue weighted by Gasteiger charge is 2.44. The quantitative estimate of drug-likeness (QED) is 0.890. The van der Waals surface area contributed by atoms with Crippen LogP contribution in [-0.2, 0) is 20.7 Å². The molecule has 2 N–H and O–H groups in total. The number of carboxylic acids is 1. The van der Waals surface area contributed by atoms with E-state index in [1.807, 2.05) is 12.1 Å². The van der Waals surface area contributed by atoms with E-state index in [0.717, 1.165) is 19.3 Å². The molecule has 0 saturated carbocycles. The average molecular weight is 303 g/mol. The summed E-state index contributed by atoms with van der Waals surface area (Å²) >= 11 is 0. The molecule has 2 unspecified atom stereocenters. The maximum absolute atomic E-state index is 12.4. The third-order valence-electron chi connectivity index (χ3n) is 4.74. The first kappa shape index (κ1) is 15.0. The lowest BCUT2D eigenvalue weighted by molar-refractivity contribution is -0.147. The lowest BCUT2D eigenvalue weighted by Gasteiger charge is -2.28. The normalized spacial score (nSPS) is 27.2. The predicted molar refractivity (Wildman–Crippen MR) is 80.7 cm³/mol. The number of carboxylic acid groups (broad SMARTS) is 1. The summed E-state index contributed by atoms with van der Waals surface area (Å²) in [4.78, 5) is 23.8. The zero-order chi connectivity index (χ0) is 15.6. The van der Waals surface area contributed by atoms with Crippen LogP contribution in [0.3, 0.4) is 0 Å². The predicted octanol–water partition coefficient (Wildman–Crippen LogP) is 1.86. The molecule has 1 aliphatic carbocycles. The Bertz CT molecular complexity index is 578. The fourth-order valence-electron chi connectivity index (χ4n) is 3.49. The van der Waals surface area contributed by atoms with Crippen molar-refractivity contribution >= 4 is 11.9 Å². The Hall–Kier alpha value is -1.88. The minimum absolute atomic E-state index is 0.0509. The van der Waals surface area contributed by atoms with Crippen LogP contribution in [0.2, 0.25) is 0 Å². The number of carbonyl (C=O) groups excluding carboxylic acids is 1. The van der Waals surface area contributed by atoms with Gasteiger partial charge in [-0.1, -0.05) is 24.3 Å². The largest absolute Gasteiger partial charge is 0.479 e. The Morgan fingerprint density at radius 1 is 1.36 bits per heavy atom. The van der Waals surface area contributed by atoms with Gasteiger partial charge in [0.25, 0.3) is 0 Å². The van der Waals surface area contributed by atoms with Crippen LogP contribution in [-0.4, -0.2) is 35.7 Å². The lowest BCUT2D eigenvalue weighted by Crippen LogP contribution is -2.55. The van der Waals surface area contributed by atoms with Crippen molar-refractivity contribution in [3.05, 3.63) is 35.4 Å². The second kappa shape index (κ2) is 6.08. The molecule has 0 spiro atoms. The maximum Gasteiger partial charge on any atom is 0.331 e. The molecule has 1 amide bonds. The molecule has 118 valence electrons. The van der Waals surface area contributed by atoms with Gasteiger partial charge in [0.2, 0.25) is 5.91 Å². The van der Waals surface area contributed by atoms with Gasteiger partial charge in [0, 0.05) is 19.4 Å². The number of ether oxygens (including phenoxy) is 1. The van der Waals surface area contributed by atoms with Crippen molar-refractivity contribution in [2.75, 3.05) is 13.2 Å². The van der Waals surface area contributed by atoms with E-state index in [1.54, 1.807) is 0 Å². The molecular weight excluding hydrogens is 282 g/mol. The van der Waals surface area contributed by atoms with Crippen molar-refractivity contribution in [1.29, 1.82) is 0 Å². The minimum atomic E-state index is -1.24. The van der Waals surface area contributed by atoms with E-state index in [9.17, 15) is 14.7 Å². The van der Waals surface area contributed by atoms with Crippen molar-refractivity contribution in [1.82, 2.24) is 5.32 Å². The number of aryl methyl sites for hydroxylation is 1. The van der Waals surface area contributed by atoms with Crippen molar-refractivity contribution in [3.8, 4) is 0 Å². The molecule has 0 aromatic heterocycles. The number of fused-ring (bicyclic) bond motifs is 1. The van der Waals surface area contributed by atoms with Crippen LogP contribution >= 0.6 is 0 Å². The molecule has 1 aromatic rings. The molecule has 1 aliphatic heterocycles. The fraction of sp³-hybridized carbons (Fsp3) is 0.529. The third kappa shape index (κ3) is 2.86. The molecule has 1 heterocycles. The number of hydrogen-bond acceptors (Lipinski definition) is 3. The summed E-state index contributed by atoms with van der Waals surface area (Å²) in [6.45, 7) is 0.425. The molecule has 5 nitrogen and oxygen atoms in total. The molecule has 1 aromatic carbocycles. The van der Waals surface area contributed by atoms with E-state index in [4.69, 9.17) is 4.74 Å². The van der Waals surface area contributed by atoms with E-state index in [1.165, 1.54) is 11.1 Å². The van der Waals surface area contributed by atoms with Gasteiger partial charge in [-0.25, -0.2) is 4.79 Å². The second-order valence-electron chi connectivity index (χ2n) is 6.23. The van der Waals surface area contributed by atoms with Gasteiger partial charge in [-0.3, -0.25) is 4.79 Å². The number of nitrogens with one attached hydrogen (secondary N) is 1. The summed E-state index contributed by atoms with van der Waals surface area (Å²) in [6.07, 6.45) is 3.77. The van der Waals surface area contributed by atoms with Crippen LogP contribution in [0.25, 0.3) is 0 Å². The molecule has 1 saturated heterocycles. The first-order chi connectivity index (χ1) is 10.6. The van der Waals surface area contributed by atoms with E-state index in [0.29, 0.717) is 19.4 Å². The number of benzene rings is 1. The van der Waals surface area contributed by atoms with Crippen LogP contribution in [0.4, 0.5) is 0 Å². The Balaban J connectivity index is 1.69. The van der Waals surface area contributed by atoms with E-state index in [2.05, 4.69) is 17.4 Å². The Kier molecular flexibility index (Phi) is 4.16. The monoisotopic (exact) mass is 303 g/mol. The number of rotatable bonds is 4. The summed E-state index contributed by atoms with van der Waals surface area (Å²) in [5, 5.41) is 12.1. The van der Waals surface area contributed by atoms with Crippen molar-refractivity contribution in [2.24, 2.45) is 0 Å². The van der Waals surface area contributed by atoms with Crippen LogP contribution in [0.1, 0.15) is 42.7 Å². The van der Waals surface area contributed by atoms with Gasteiger partial charge in [0.15, 0.2) is 5.54 Å². The number of carbonyl (C=O) groups is 2. The Labute approximate surface area is 129 Å². The van der Waals surface area contributed by atoms with Gasteiger partial charge in [-0.15, -0.1) is 0 Å². The highest BCUT2D eigenvalue weighted by Crippen LogP contribution is 2.34. The van der Waals surface area contributed by atoms with E-state index >= 15 is 0 Å². The Morgan fingerprint density at radius 2 is 2.18 bits per heavy atom. The number of aliphatic carboxylic acids is 1. The number of amides is 1. The fourth-order valence-corrected chi connectivity index (χ4v) is 3.49. The number of hydrogen-bond donors (Lipinski definition) is 2. The Morgan fingerprint density at radius 3 is 2.91 bits per heavy atom. The summed E-state index contributed by atoms with van der Waals surface area (Å²) in [5.41, 5.74) is 1.30. The first-order valence-corrected chi connectivity index (χ1v) is 7.81. The topological polar surface area (TPSA) is 75.6 Å². The van der Waals surface area contributed by atoms with E-state index < -0.39 is 11.5 Å². The zero-order valence-corrected chi connectivity index (χ0v) is 12.5. The van der Waals surface area contributed by atoms with E-state index in [-0.39, 0.29) is 18.4 Å². The molecule has 5 heteroatoms. The van der Waals surface area contributed by atoms with Gasteiger partial charge in [0.1, 0.15) is 0 Å². The molecule has 2 aliphatic rings. The molecular formula is C17H21NO4. The first-order valence-electron chi connectivity index (χ1n) is 7.81. The summed E-state index contributed by atoms with van der Waals surface area (Å²) < 4.78 is 5.17. The van der Waals surface area contributed by atoms with Gasteiger partial charge >= 0.3 is 5.97 Å². The second-order valence-corrected chi connectivity index (χ2v) is 6.23. The highest BCUT2D eigenvalue weighted by atomic mass is 16.5. The standard InChI is InChI=1S/C17H21NO4/c19-15(18-17(16(20)21)8-9-22-11-17)10-13-6-3-5-12-4-1-2-7-14(12)13/h1-2,4,7,13H,3,5-6,8-11H2,(H,18,19)(H,20,21). The van der Waals surface area contributed by atoms with Crippen LogP contribution in [0, 0.1) is 0 Å². The molecule has 3 rings (SSSR count). The van der Waals surface area contributed by atoms with Gasteiger partial charge in [-0.2, -0.15) is 0 Å². The average Bonchev–Trinajstić information content (AvgIpc) is 2.97. The van der Waals surface area contributed by atoms with Gasteiger partial charge in [0.05, 0.1) is 6.61 Å². The minimum Gasteiger partial charge on any atom is -0.479 e. The summed E-state index contributed by atoms with van der Waals surface area (Å²) in [6, 6.07) is 8.22. The van der Waals surface area contributed by atoms with Crippen LogP contribution < -0.4 is 5.32 Å². The SMILES string of the molecule is O=C(CC1CCCc2ccccc21)NC1(C(=O)O)CCOC1. The summed E-state index contributed by atoms with van der Waals surface area (Å²) in [7, 11) is 0. The maximum atomic E-state index is 12.4. The molecule has 1 fully saturated rings. The molecule has 22 heavy (non-hydrogen) atoms. The molecule has 0 radical (unpaired) electrons. The van der Waals surface area contributed by atoms with Gasteiger partial charge < -0.3 is 15.2 Å². The smallest absolute Gasteiger partial charge is 0.331 e. The molecule has 2 atom stereocenters. The van der Waals surface area contributed by atoms with Crippen molar-refractivity contribution < 1.29 is 19.4 Å². The van der Waals surface area contributed by atoms with Crippen molar-refractivity contribution in [2.45, 2.75) is 43.6 Å². The van der Waals surface area contributed by atoms with Crippen LogP contribution in [0.15, 0.2) is 24.3 Å². The highest BCUT2D eigenvalue weighted by molar-refractivity contribution is 5.87. The zero-order valence-electron chi connectivity index (χ0n) is 12.5. The van der Waals surface area contributed by atoms with Crippen molar-refractivity contribution in [3.63, 3.8) is 0 Å². The molecule has 0 bridgehead atoms. The third-order valence-corrected chi connectivity index (χ3v) is 4.74. The van der Waals surface area contributed by atoms with Gasteiger partial charge in [-0.05, 0) is 36.3 Å². The summed E-state index contributed by atoms with van der Waals surface area (Å²) in [5.74, 6) is -1.03. The lowest BCUT2D eigenvalue weighted by atomic mass is 9.81.